The van der Waals surface area contributed by atoms with Crippen molar-refractivity contribution < 1.29 is 4.79 Å². The van der Waals surface area contributed by atoms with Crippen LogP contribution in [-0.4, -0.2) is 15.5 Å². The monoisotopic (exact) mass is 217 g/mol. The molecule has 1 heterocycles. The summed E-state index contributed by atoms with van der Waals surface area (Å²) in [5, 5.41) is 0.523. The molecule has 1 aromatic heterocycles. The van der Waals surface area contributed by atoms with E-state index in [-0.39, 0.29) is 11.4 Å². The molecule has 0 aliphatic rings. The minimum atomic E-state index is -0.706. The van der Waals surface area contributed by atoms with Crippen LogP contribution in [0.5, 0.6) is 0 Å². The molecule has 0 spiro atoms. The number of nitrogens with zero attached hydrogens (tertiary/aromatic N) is 2. The summed E-state index contributed by atoms with van der Waals surface area (Å²) in [5.41, 5.74) is 6.23. The Bertz CT molecular complexity index is 643. The number of amides is 1. The molecule has 5 heteroatoms. The zero-order valence-corrected chi connectivity index (χ0v) is 9.02. The summed E-state index contributed by atoms with van der Waals surface area (Å²) < 4.78 is 1.18. The average molecular weight is 217 g/mol. The van der Waals surface area contributed by atoms with Crippen molar-refractivity contribution in [2.75, 3.05) is 0 Å². The Morgan fingerprint density at radius 1 is 1.44 bits per heavy atom. The van der Waals surface area contributed by atoms with Crippen LogP contribution < -0.4 is 11.3 Å². The van der Waals surface area contributed by atoms with E-state index in [0.29, 0.717) is 10.9 Å². The van der Waals surface area contributed by atoms with Gasteiger partial charge in [0.05, 0.1) is 10.9 Å². The Morgan fingerprint density at radius 3 is 2.75 bits per heavy atom. The fraction of sp³-hybridized carbons (Fsp3) is 0.182. The molecule has 16 heavy (non-hydrogen) atoms. The largest absolute Gasteiger partial charge is 0.363 e. The van der Waals surface area contributed by atoms with E-state index in [0.717, 1.165) is 5.56 Å². The zero-order valence-electron chi connectivity index (χ0n) is 9.02. The van der Waals surface area contributed by atoms with Crippen LogP contribution in [0, 0.1) is 6.92 Å². The second-order valence-corrected chi connectivity index (χ2v) is 3.63. The maximum atomic E-state index is 12.0. The minimum absolute atomic E-state index is 0.0249. The van der Waals surface area contributed by atoms with E-state index in [1.165, 1.54) is 11.6 Å². The Morgan fingerprint density at radius 2 is 2.12 bits per heavy atom. The molecule has 0 saturated heterocycles. The number of rotatable bonds is 1. The summed E-state index contributed by atoms with van der Waals surface area (Å²) >= 11 is 0. The molecule has 2 rings (SSSR count). The highest BCUT2D eigenvalue weighted by Gasteiger charge is 2.12. The highest BCUT2D eigenvalue weighted by molar-refractivity contribution is 5.92. The predicted octanol–water partition coefficient (Wildman–Crippen LogP) is 0.341. The number of primary amides is 1. The highest BCUT2D eigenvalue weighted by Crippen LogP contribution is 2.12. The van der Waals surface area contributed by atoms with Crippen molar-refractivity contribution in [1.29, 1.82) is 0 Å². The number of nitrogens with two attached hydrogens (primary N) is 1. The maximum Gasteiger partial charge on any atom is 0.284 e. The van der Waals surface area contributed by atoms with Gasteiger partial charge in [0, 0.05) is 7.05 Å². The standard InChI is InChI=1S/C11H11N3O2/c1-6-4-3-5-7-8(6)11(16)14(2)10(13-7)9(12)15/h3-5H,1-2H3,(H2,12,15). The molecule has 0 saturated carbocycles. The van der Waals surface area contributed by atoms with Crippen molar-refractivity contribution in [3.8, 4) is 0 Å². The number of hydrogen-bond acceptors (Lipinski definition) is 3. The number of carbonyl (C=O) groups excluding carboxylic acids is 1. The molecule has 2 aromatic rings. The molecular formula is C11H11N3O2. The van der Waals surface area contributed by atoms with Gasteiger partial charge in [0.2, 0.25) is 5.82 Å². The highest BCUT2D eigenvalue weighted by atomic mass is 16.2. The van der Waals surface area contributed by atoms with E-state index >= 15 is 0 Å². The predicted molar refractivity (Wildman–Crippen MR) is 60.2 cm³/mol. The Hall–Kier alpha value is -2.17. The fourth-order valence-electron chi connectivity index (χ4n) is 1.70. The van der Waals surface area contributed by atoms with Gasteiger partial charge in [-0.1, -0.05) is 12.1 Å². The number of hydrogen-bond donors (Lipinski definition) is 1. The molecule has 0 unspecified atom stereocenters. The second-order valence-electron chi connectivity index (χ2n) is 3.63. The van der Waals surface area contributed by atoms with Gasteiger partial charge < -0.3 is 5.73 Å². The van der Waals surface area contributed by atoms with Gasteiger partial charge in [0.1, 0.15) is 0 Å². The van der Waals surface area contributed by atoms with Crippen molar-refractivity contribution in [2.45, 2.75) is 6.92 Å². The second kappa shape index (κ2) is 3.44. The summed E-state index contributed by atoms with van der Waals surface area (Å²) in [6.07, 6.45) is 0. The van der Waals surface area contributed by atoms with E-state index in [4.69, 9.17) is 5.73 Å². The molecule has 2 N–H and O–H groups in total. The molecule has 1 amide bonds. The third-order valence-corrected chi connectivity index (χ3v) is 2.53. The van der Waals surface area contributed by atoms with Crippen LogP contribution in [-0.2, 0) is 7.05 Å². The van der Waals surface area contributed by atoms with Crippen molar-refractivity contribution >= 4 is 16.8 Å². The number of aryl methyl sites for hydroxylation is 1. The van der Waals surface area contributed by atoms with Crippen LogP contribution in [0.15, 0.2) is 23.0 Å². The van der Waals surface area contributed by atoms with Crippen LogP contribution in [0.2, 0.25) is 0 Å². The molecule has 0 aliphatic carbocycles. The van der Waals surface area contributed by atoms with E-state index in [1.54, 1.807) is 12.1 Å². The fourth-order valence-corrected chi connectivity index (χ4v) is 1.70. The van der Waals surface area contributed by atoms with Crippen LogP contribution in [0.25, 0.3) is 10.9 Å². The normalized spacial score (nSPS) is 10.6. The van der Waals surface area contributed by atoms with Gasteiger partial charge in [-0.3, -0.25) is 14.2 Å². The number of benzene rings is 1. The van der Waals surface area contributed by atoms with E-state index in [9.17, 15) is 9.59 Å². The topological polar surface area (TPSA) is 78.0 Å². The van der Waals surface area contributed by atoms with Crippen molar-refractivity contribution in [1.82, 2.24) is 9.55 Å². The van der Waals surface area contributed by atoms with Gasteiger partial charge in [-0.25, -0.2) is 4.98 Å². The third-order valence-electron chi connectivity index (χ3n) is 2.53. The van der Waals surface area contributed by atoms with Crippen LogP contribution in [0.1, 0.15) is 16.2 Å². The summed E-state index contributed by atoms with van der Waals surface area (Å²) in [4.78, 5) is 27.2. The average Bonchev–Trinajstić information content (AvgIpc) is 2.22. The van der Waals surface area contributed by atoms with Gasteiger partial charge in [-0.2, -0.15) is 0 Å². The van der Waals surface area contributed by atoms with Gasteiger partial charge in [0.15, 0.2) is 0 Å². The number of carbonyl (C=O) groups is 1. The Balaban J connectivity index is 3.00. The molecule has 1 aromatic carbocycles. The lowest BCUT2D eigenvalue weighted by atomic mass is 10.1. The first-order valence-corrected chi connectivity index (χ1v) is 4.78. The Kier molecular flexibility index (Phi) is 2.23. The van der Waals surface area contributed by atoms with Crippen molar-refractivity contribution in [3.63, 3.8) is 0 Å². The molecule has 82 valence electrons. The van der Waals surface area contributed by atoms with Gasteiger partial charge in [0.25, 0.3) is 11.5 Å². The summed E-state index contributed by atoms with van der Waals surface area (Å²) in [6.45, 7) is 1.83. The lowest BCUT2D eigenvalue weighted by molar-refractivity contribution is 0.0986. The Labute approximate surface area is 91.5 Å². The van der Waals surface area contributed by atoms with Crippen molar-refractivity contribution in [2.24, 2.45) is 12.8 Å². The molecule has 0 aliphatic heterocycles. The van der Waals surface area contributed by atoms with Crippen LogP contribution >= 0.6 is 0 Å². The maximum absolute atomic E-state index is 12.0. The molecule has 0 radical (unpaired) electrons. The van der Waals surface area contributed by atoms with Crippen molar-refractivity contribution in [3.05, 3.63) is 39.9 Å². The lowest BCUT2D eigenvalue weighted by Gasteiger charge is -2.07. The van der Waals surface area contributed by atoms with Crippen LogP contribution in [0.3, 0.4) is 0 Å². The molecule has 5 nitrogen and oxygen atoms in total. The van der Waals surface area contributed by atoms with E-state index in [1.807, 2.05) is 13.0 Å². The zero-order chi connectivity index (χ0) is 11.9. The quantitative estimate of drug-likeness (QED) is 0.748. The molecular weight excluding hydrogens is 206 g/mol. The minimum Gasteiger partial charge on any atom is -0.363 e. The molecule has 0 bridgehead atoms. The summed E-state index contributed by atoms with van der Waals surface area (Å²) in [7, 11) is 1.49. The number of aromatic nitrogens is 2. The SMILES string of the molecule is Cc1cccc2nc(C(N)=O)n(C)c(=O)c12. The van der Waals surface area contributed by atoms with Gasteiger partial charge in [-0.05, 0) is 18.6 Å². The summed E-state index contributed by atoms with van der Waals surface area (Å²) in [6, 6.07) is 5.31. The van der Waals surface area contributed by atoms with Crippen LogP contribution in [0.4, 0.5) is 0 Å². The number of fused-ring (bicyclic) bond motifs is 1. The molecule has 0 atom stereocenters. The van der Waals surface area contributed by atoms with Gasteiger partial charge in [-0.15, -0.1) is 0 Å². The third kappa shape index (κ3) is 1.37. The first-order valence-electron chi connectivity index (χ1n) is 4.78. The van der Waals surface area contributed by atoms with E-state index in [2.05, 4.69) is 4.98 Å². The lowest BCUT2D eigenvalue weighted by Crippen LogP contribution is -2.29. The molecule has 0 fully saturated rings. The first kappa shape index (κ1) is 10.4. The van der Waals surface area contributed by atoms with E-state index < -0.39 is 5.91 Å². The first-order chi connectivity index (χ1) is 7.52. The summed E-state index contributed by atoms with van der Waals surface area (Å²) in [5.74, 6) is -0.730. The smallest absolute Gasteiger partial charge is 0.284 e. The van der Waals surface area contributed by atoms with Gasteiger partial charge >= 0.3 is 0 Å².